The maximum atomic E-state index is 10.3. The van der Waals surface area contributed by atoms with Crippen molar-refractivity contribution >= 4 is 0 Å². The van der Waals surface area contributed by atoms with Gasteiger partial charge in [-0.2, -0.15) is 0 Å². The zero-order valence-electron chi connectivity index (χ0n) is 14.3. The van der Waals surface area contributed by atoms with Crippen molar-refractivity contribution in [1.29, 1.82) is 0 Å². The summed E-state index contributed by atoms with van der Waals surface area (Å²) in [6.45, 7) is 0.228. The largest absolute Gasteiger partial charge is 0.394 e. The van der Waals surface area contributed by atoms with Crippen molar-refractivity contribution in [2.24, 2.45) is 0 Å². The number of hydrogen-bond donors (Lipinski definition) is 8. The molecule has 1 unspecified atom stereocenters. The smallest absolute Gasteiger partial charge is 0.187 e. The summed E-state index contributed by atoms with van der Waals surface area (Å²) in [7, 11) is 0. The van der Waals surface area contributed by atoms with Gasteiger partial charge in [-0.15, -0.1) is 0 Å². The Morgan fingerprint density at radius 2 is 1.35 bits per heavy atom. The summed E-state index contributed by atoms with van der Waals surface area (Å²) in [4.78, 5) is 0. The predicted molar refractivity (Wildman–Crippen MR) is 82.7 cm³/mol. The molecule has 2 saturated heterocycles. The minimum absolute atomic E-state index is 0.0154. The molecule has 11 nitrogen and oxygen atoms in total. The second-order valence-electron chi connectivity index (χ2n) is 6.76. The molecule has 0 aliphatic carbocycles. The Kier molecular flexibility index (Phi) is 7.71. The molecule has 0 saturated carbocycles. The quantitative estimate of drug-likeness (QED) is 0.220. The van der Waals surface area contributed by atoms with Crippen LogP contribution in [-0.2, 0) is 14.2 Å². The average molecular weight is 384 g/mol. The van der Waals surface area contributed by atoms with E-state index in [-0.39, 0.29) is 6.42 Å². The van der Waals surface area contributed by atoms with Gasteiger partial charge in [0.05, 0.1) is 25.4 Å². The maximum absolute atomic E-state index is 10.3. The second-order valence-corrected chi connectivity index (χ2v) is 6.76. The van der Waals surface area contributed by atoms with Gasteiger partial charge < -0.3 is 55.1 Å². The van der Waals surface area contributed by atoms with Crippen LogP contribution in [-0.4, -0.2) is 121 Å². The zero-order valence-corrected chi connectivity index (χ0v) is 14.3. The molecule has 2 rings (SSSR count). The monoisotopic (exact) mass is 384 g/mol. The summed E-state index contributed by atoms with van der Waals surface area (Å²) in [6, 6.07) is 0. The van der Waals surface area contributed by atoms with Crippen molar-refractivity contribution in [2.45, 2.75) is 80.7 Å². The van der Waals surface area contributed by atoms with Crippen molar-refractivity contribution < 1.29 is 55.1 Å². The van der Waals surface area contributed by atoms with E-state index in [1.165, 1.54) is 6.92 Å². The van der Waals surface area contributed by atoms with Gasteiger partial charge in [-0.25, -0.2) is 0 Å². The van der Waals surface area contributed by atoms with Gasteiger partial charge in [0.25, 0.3) is 0 Å². The van der Waals surface area contributed by atoms with Crippen LogP contribution in [0.4, 0.5) is 0 Å². The van der Waals surface area contributed by atoms with E-state index in [4.69, 9.17) is 14.2 Å². The summed E-state index contributed by atoms with van der Waals surface area (Å²) in [6.07, 6.45) is -14.9. The Balaban J connectivity index is 2.11. The first kappa shape index (κ1) is 21.9. The molecule has 8 N–H and O–H groups in total. The molecule has 0 bridgehead atoms. The van der Waals surface area contributed by atoms with E-state index < -0.39 is 80.5 Å². The fourth-order valence-corrected chi connectivity index (χ4v) is 3.20. The molecule has 0 aromatic carbocycles. The van der Waals surface area contributed by atoms with Crippen LogP contribution in [0.25, 0.3) is 0 Å². The lowest BCUT2D eigenvalue weighted by Crippen LogP contribution is -2.64. The van der Waals surface area contributed by atoms with Crippen molar-refractivity contribution in [3.8, 4) is 0 Å². The predicted octanol–water partition coefficient (Wildman–Crippen LogP) is -4.58. The van der Waals surface area contributed by atoms with Crippen LogP contribution in [0.1, 0.15) is 13.3 Å². The Hall–Kier alpha value is -0.440. The number of hydrogen-bond acceptors (Lipinski definition) is 11. The molecule has 0 amide bonds. The molecule has 11 atom stereocenters. The summed E-state index contributed by atoms with van der Waals surface area (Å²) in [5.74, 6) is 0. The van der Waals surface area contributed by atoms with Crippen LogP contribution in [0, 0.1) is 0 Å². The molecule has 2 aliphatic rings. The lowest BCUT2D eigenvalue weighted by atomic mass is 9.92. The molecule has 2 aliphatic heterocycles. The number of ether oxygens (including phenoxy) is 3. The minimum atomic E-state index is -1.70. The zero-order chi connectivity index (χ0) is 19.6. The molecule has 11 heteroatoms. The highest BCUT2D eigenvalue weighted by molar-refractivity contribution is 4.95. The molecule has 0 radical (unpaired) electrons. The van der Waals surface area contributed by atoms with Gasteiger partial charge in [0, 0.05) is 6.42 Å². The van der Waals surface area contributed by atoms with E-state index in [2.05, 4.69) is 0 Å². The molecular weight excluding hydrogens is 356 g/mol. The van der Waals surface area contributed by atoms with Crippen molar-refractivity contribution in [3.63, 3.8) is 0 Å². The van der Waals surface area contributed by atoms with E-state index in [0.29, 0.717) is 0 Å². The third-order valence-corrected chi connectivity index (χ3v) is 4.68. The van der Waals surface area contributed by atoms with Gasteiger partial charge >= 0.3 is 0 Å². The Morgan fingerprint density at radius 1 is 0.769 bits per heavy atom. The van der Waals surface area contributed by atoms with Crippen LogP contribution >= 0.6 is 0 Å². The van der Waals surface area contributed by atoms with Gasteiger partial charge in [0.2, 0.25) is 0 Å². The second kappa shape index (κ2) is 9.17. The van der Waals surface area contributed by atoms with Gasteiger partial charge in [-0.3, -0.25) is 0 Å². The number of rotatable bonds is 6. The average Bonchev–Trinajstić information content (AvgIpc) is 2.60. The molecule has 0 aromatic rings. The minimum Gasteiger partial charge on any atom is -0.394 e. The summed E-state index contributed by atoms with van der Waals surface area (Å²) in [5.41, 5.74) is 0. The van der Waals surface area contributed by atoms with Crippen molar-refractivity contribution in [2.75, 3.05) is 13.2 Å². The highest BCUT2D eigenvalue weighted by Gasteiger charge is 2.50. The summed E-state index contributed by atoms with van der Waals surface area (Å²) < 4.78 is 16.1. The standard InChI is InChI=1S/C15H28O11/c1-5(18)2-6-9(19)12(22)14(8(4-17)24-6)26-15-13(23)11(21)10(20)7(3-16)25-15/h5-23H,2-4H2,1H3/t5?,6-,7+,8+,9-,10+,11-,12+,13+,14+,15+/m0/s1. The first-order chi connectivity index (χ1) is 12.2. The highest BCUT2D eigenvalue weighted by Crippen LogP contribution is 2.30. The molecular formula is C15H28O11. The molecule has 154 valence electrons. The van der Waals surface area contributed by atoms with Crippen LogP contribution in [0.15, 0.2) is 0 Å². The first-order valence-electron chi connectivity index (χ1n) is 8.47. The highest BCUT2D eigenvalue weighted by atomic mass is 16.7. The van der Waals surface area contributed by atoms with E-state index in [0.717, 1.165) is 0 Å². The lowest BCUT2D eigenvalue weighted by molar-refractivity contribution is -0.342. The fourth-order valence-electron chi connectivity index (χ4n) is 3.20. The Morgan fingerprint density at radius 3 is 1.88 bits per heavy atom. The normalized spacial score (nSPS) is 48.3. The molecule has 0 aromatic heterocycles. The van der Waals surface area contributed by atoms with Crippen molar-refractivity contribution in [3.05, 3.63) is 0 Å². The third-order valence-electron chi connectivity index (χ3n) is 4.68. The van der Waals surface area contributed by atoms with Gasteiger partial charge in [-0.1, -0.05) is 0 Å². The lowest BCUT2D eigenvalue weighted by Gasteiger charge is -2.46. The van der Waals surface area contributed by atoms with Gasteiger partial charge in [0.1, 0.15) is 48.8 Å². The molecule has 2 fully saturated rings. The van der Waals surface area contributed by atoms with E-state index in [9.17, 15) is 40.9 Å². The van der Waals surface area contributed by atoms with Crippen LogP contribution < -0.4 is 0 Å². The summed E-state index contributed by atoms with van der Waals surface area (Å²) >= 11 is 0. The molecule has 0 spiro atoms. The van der Waals surface area contributed by atoms with Crippen molar-refractivity contribution in [1.82, 2.24) is 0 Å². The molecule has 26 heavy (non-hydrogen) atoms. The van der Waals surface area contributed by atoms with Crippen LogP contribution in [0.2, 0.25) is 0 Å². The number of aliphatic hydroxyl groups is 8. The van der Waals surface area contributed by atoms with E-state index >= 15 is 0 Å². The van der Waals surface area contributed by atoms with E-state index in [1.807, 2.05) is 0 Å². The maximum Gasteiger partial charge on any atom is 0.187 e. The number of aliphatic hydroxyl groups excluding tert-OH is 8. The first-order valence-corrected chi connectivity index (χ1v) is 8.47. The third kappa shape index (κ3) is 4.51. The Labute approximate surface area is 150 Å². The summed E-state index contributed by atoms with van der Waals surface area (Å²) in [5, 5.41) is 78.2. The Bertz CT molecular complexity index is 432. The SMILES string of the molecule is CC(O)C[C@@H]1O[C@H](CO)[C@@H](O[C@H]2O[C@H](CO)[C@@H](O)[C@H](O)[C@H]2O)[C@H](O)[C@H]1O. The van der Waals surface area contributed by atoms with Crippen LogP contribution in [0.3, 0.4) is 0 Å². The van der Waals surface area contributed by atoms with Gasteiger partial charge in [0.15, 0.2) is 6.29 Å². The van der Waals surface area contributed by atoms with E-state index in [1.54, 1.807) is 0 Å². The fraction of sp³-hybridized carbons (Fsp3) is 1.00. The van der Waals surface area contributed by atoms with Crippen LogP contribution in [0.5, 0.6) is 0 Å². The topological polar surface area (TPSA) is 190 Å². The van der Waals surface area contributed by atoms with Gasteiger partial charge in [-0.05, 0) is 6.92 Å². The molecule has 2 heterocycles.